The predicted octanol–water partition coefficient (Wildman–Crippen LogP) is 2.02. The van der Waals surface area contributed by atoms with Crippen LogP contribution in [-0.2, 0) is 23.0 Å². The molecule has 0 atom stereocenters. The van der Waals surface area contributed by atoms with Gasteiger partial charge < -0.3 is 4.57 Å². The van der Waals surface area contributed by atoms with Crippen molar-refractivity contribution in [3.63, 3.8) is 0 Å². The maximum absolute atomic E-state index is 11.1. The van der Waals surface area contributed by atoms with Gasteiger partial charge >= 0.3 is 0 Å². The molecule has 1 aromatic carbocycles. The second-order valence-electron chi connectivity index (χ2n) is 4.42. The summed E-state index contributed by atoms with van der Waals surface area (Å²) in [7, 11) is -3.20. The van der Waals surface area contributed by atoms with Gasteiger partial charge in [-0.2, -0.15) is 0 Å². The van der Waals surface area contributed by atoms with Crippen LogP contribution in [0.25, 0.3) is 11.0 Å². The topological polar surface area (TPSA) is 64.0 Å². The summed E-state index contributed by atoms with van der Waals surface area (Å²) in [6, 6.07) is 5.44. The predicted molar refractivity (Wildman–Crippen MR) is 82.0 cm³/mol. The second kappa shape index (κ2) is 6.30. The monoisotopic (exact) mass is 335 g/mol. The largest absolute Gasteiger partial charge is 0.327 e. The van der Waals surface area contributed by atoms with E-state index >= 15 is 0 Å². The van der Waals surface area contributed by atoms with Crippen molar-refractivity contribution in [2.24, 2.45) is 0 Å². The molecule has 2 aromatic rings. The summed E-state index contributed by atoms with van der Waals surface area (Å²) >= 11 is 11.8. The van der Waals surface area contributed by atoms with Gasteiger partial charge in [-0.3, -0.25) is 0 Å². The van der Waals surface area contributed by atoms with E-state index in [0.717, 1.165) is 23.1 Å². The Morgan fingerprint density at radius 3 is 2.80 bits per heavy atom. The highest BCUT2D eigenvalue weighted by atomic mass is 35.5. The van der Waals surface area contributed by atoms with Crippen LogP contribution in [-0.4, -0.2) is 36.6 Å². The van der Waals surface area contributed by atoms with Crippen molar-refractivity contribution >= 4 is 44.3 Å². The average Bonchev–Trinajstić information content (AvgIpc) is 2.66. The number of nitrogens with zero attached hydrogens (tertiary/aromatic N) is 2. The van der Waals surface area contributed by atoms with E-state index in [0.29, 0.717) is 30.4 Å². The summed E-state index contributed by atoms with van der Waals surface area (Å²) in [5.74, 6) is 1.28. The number of rotatable bonds is 6. The molecule has 0 fully saturated rings. The number of alkyl halides is 1. The zero-order chi connectivity index (χ0) is 14.8. The van der Waals surface area contributed by atoms with E-state index in [9.17, 15) is 8.42 Å². The molecule has 20 heavy (non-hydrogen) atoms. The molecule has 0 saturated carbocycles. The third-order valence-electron chi connectivity index (χ3n) is 2.81. The Labute approximate surface area is 127 Å². The van der Waals surface area contributed by atoms with Crippen LogP contribution in [0.4, 0.5) is 0 Å². The molecule has 1 N–H and O–H groups in total. The van der Waals surface area contributed by atoms with E-state index in [-0.39, 0.29) is 0 Å². The van der Waals surface area contributed by atoms with Gasteiger partial charge in [0.05, 0.1) is 17.3 Å². The van der Waals surface area contributed by atoms with Crippen LogP contribution in [0.5, 0.6) is 0 Å². The zero-order valence-corrected chi connectivity index (χ0v) is 13.3. The number of hydrogen-bond acceptors (Lipinski definition) is 3. The minimum Gasteiger partial charge on any atom is -0.327 e. The highest BCUT2D eigenvalue weighted by Gasteiger charge is 2.11. The van der Waals surface area contributed by atoms with E-state index in [4.69, 9.17) is 23.2 Å². The fraction of sp³-hybridized carbons (Fsp3) is 0.417. The molecule has 0 saturated heterocycles. The number of fused-ring (bicyclic) bond motifs is 1. The van der Waals surface area contributed by atoms with Crippen LogP contribution >= 0.6 is 23.2 Å². The van der Waals surface area contributed by atoms with E-state index in [1.807, 2.05) is 16.7 Å². The molecule has 0 bridgehead atoms. The van der Waals surface area contributed by atoms with Gasteiger partial charge in [0.15, 0.2) is 0 Å². The molecule has 0 unspecified atom stereocenters. The Hall–Kier alpha value is -0.820. The number of aromatic nitrogens is 2. The van der Waals surface area contributed by atoms with E-state index < -0.39 is 10.0 Å². The van der Waals surface area contributed by atoms with E-state index in [1.165, 1.54) is 0 Å². The smallest absolute Gasteiger partial charge is 0.208 e. The average molecular weight is 336 g/mol. The van der Waals surface area contributed by atoms with Crippen LogP contribution < -0.4 is 4.72 Å². The molecule has 5 nitrogen and oxygen atoms in total. The summed E-state index contributed by atoms with van der Waals surface area (Å²) in [5.41, 5.74) is 1.71. The third kappa shape index (κ3) is 3.85. The summed E-state index contributed by atoms with van der Waals surface area (Å²) in [6.07, 6.45) is 1.75. The molecule has 1 heterocycles. The molecule has 0 aliphatic carbocycles. The molecule has 0 spiro atoms. The highest BCUT2D eigenvalue weighted by molar-refractivity contribution is 7.88. The number of imidazole rings is 1. The van der Waals surface area contributed by atoms with E-state index in [1.54, 1.807) is 6.07 Å². The summed E-state index contributed by atoms with van der Waals surface area (Å²) in [5, 5.41) is 0.618. The Morgan fingerprint density at radius 2 is 2.15 bits per heavy atom. The molecule has 0 amide bonds. The Bertz CT molecular complexity index is 713. The first-order valence-corrected chi connectivity index (χ1v) is 8.86. The minimum absolute atomic E-state index is 0.298. The number of nitrogens with one attached hydrogen (secondary N) is 1. The molecule has 0 radical (unpaired) electrons. The van der Waals surface area contributed by atoms with Crippen molar-refractivity contribution in [2.45, 2.75) is 13.0 Å². The van der Waals surface area contributed by atoms with Gasteiger partial charge in [-0.1, -0.05) is 11.6 Å². The van der Waals surface area contributed by atoms with Crippen molar-refractivity contribution in [1.29, 1.82) is 0 Å². The van der Waals surface area contributed by atoms with Crippen molar-refractivity contribution < 1.29 is 8.42 Å². The summed E-state index contributed by atoms with van der Waals surface area (Å²) in [6.45, 7) is 0.780. The Kier molecular flexibility index (Phi) is 4.90. The summed E-state index contributed by atoms with van der Waals surface area (Å²) < 4.78 is 26.6. The van der Waals surface area contributed by atoms with Crippen molar-refractivity contribution in [1.82, 2.24) is 14.3 Å². The van der Waals surface area contributed by atoms with Crippen molar-refractivity contribution in [2.75, 3.05) is 18.7 Å². The van der Waals surface area contributed by atoms with Crippen LogP contribution in [0, 0.1) is 0 Å². The van der Waals surface area contributed by atoms with Gasteiger partial charge in [0, 0.05) is 30.4 Å². The quantitative estimate of drug-likeness (QED) is 0.821. The molecule has 0 aliphatic heterocycles. The lowest BCUT2D eigenvalue weighted by Crippen LogP contribution is -2.26. The van der Waals surface area contributed by atoms with Crippen LogP contribution in [0.3, 0.4) is 0 Å². The fourth-order valence-electron chi connectivity index (χ4n) is 2.01. The number of aryl methyl sites for hydroxylation is 1. The van der Waals surface area contributed by atoms with Gasteiger partial charge in [-0.25, -0.2) is 18.1 Å². The first-order chi connectivity index (χ1) is 9.40. The number of hydrogen-bond donors (Lipinski definition) is 1. The van der Waals surface area contributed by atoms with Gasteiger partial charge in [-0.15, -0.1) is 11.6 Å². The highest BCUT2D eigenvalue weighted by Crippen LogP contribution is 2.21. The molecular weight excluding hydrogens is 321 g/mol. The van der Waals surface area contributed by atoms with Crippen LogP contribution in [0.15, 0.2) is 18.2 Å². The zero-order valence-electron chi connectivity index (χ0n) is 10.9. The molecule has 110 valence electrons. The standard InChI is InChI=1S/C12H15Cl2N3O2S/c1-20(18,19)15-6-7-17-11-8-9(14)2-3-10(11)16-12(17)4-5-13/h2-3,8,15H,4-7H2,1H3. The van der Waals surface area contributed by atoms with Gasteiger partial charge in [0.2, 0.25) is 10.0 Å². The number of halogens is 2. The van der Waals surface area contributed by atoms with Gasteiger partial charge in [0.1, 0.15) is 5.82 Å². The lowest BCUT2D eigenvalue weighted by atomic mass is 10.3. The molecule has 8 heteroatoms. The Balaban J connectivity index is 2.32. The summed E-state index contributed by atoms with van der Waals surface area (Å²) in [4.78, 5) is 4.50. The molecule has 2 rings (SSSR count). The first-order valence-electron chi connectivity index (χ1n) is 6.06. The van der Waals surface area contributed by atoms with Crippen LogP contribution in [0.2, 0.25) is 5.02 Å². The molecular formula is C12H15Cl2N3O2S. The number of benzene rings is 1. The maximum atomic E-state index is 11.1. The fourth-order valence-corrected chi connectivity index (χ4v) is 2.81. The Morgan fingerprint density at radius 1 is 1.40 bits per heavy atom. The first kappa shape index (κ1) is 15.6. The third-order valence-corrected chi connectivity index (χ3v) is 3.96. The lowest BCUT2D eigenvalue weighted by molar-refractivity contribution is 0.577. The van der Waals surface area contributed by atoms with Gasteiger partial charge in [0.25, 0.3) is 0 Å². The van der Waals surface area contributed by atoms with E-state index in [2.05, 4.69) is 9.71 Å². The van der Waals surface area contributed by atoms with Crippen molar-refractivity contribution in [3.05, 3.63) is 29.0 Å². The van der Waals surface area contributed by atoms with Crippen LogP contribution in [0.1, 0.15) is 5.82 Å². The minimum atomic E-state index is -3.20. The second-order valence-corrected chi connectivity index (χ2v) is 7.07. The molecule has 1 aromatic heterocycles. The maximum Gasteiger partial charge on any atom is 0.208 e. The number of sulfonamides is 1. The normalized spacial score (nSPS) is 12.2. The molecule has 0 aliphatic rings. The SMILES string of the molecule is CS(=O)(=O)NCCn1c(CCCl)nc2ccc(Cl)cc21. The van der Waals surface area contributed by atoms with Gasteiger partial charge in [-0.05, 0) is 18.2 Å². The van der Waals surface area contributed by atoms with Crippen molar-refractivity contribution in [3.8, 4) is 0 Å². The lowest BCUT2D eigenvalue weighted by Gasteiger charge is -2.09.